The zero-order valence-electron chi connectivity index (χ0n) is 13.2. The van der Waals surface area contributed by atoms with Gasteiger partial charge < -0.3 is 10.1 Å². The summed E-state index contributed by atoms with van der Waals surface area (Å²) in [5.74, 6) is -0.0316. The third-order valence-electron chi connectivity index (χ3n) is 3.88. The van der Waals surface area contributed by atoms with Crippen LogP contribution >= 0.6 is 0 Å². The second-order valence-electron chi connectivity index (χ2n) is 5.84. The zero-order valence-corrected chi connectivity index (χ0v) is 13.2. The lowest BCUT2D eigenvalue weighted by molar-refractivity contribution is -0.141. The van der Waals surface area contributed by atoms with Crippen molar-refractivity contribution in [3.63, 3.8) is 0 Å². The van der Waals surface area contributed by atoms with E-state index in [1.165, 1.54) is 0 Å². The number of aryl methyl sites for hydroxylation is 1. The van der Waals surface area contributed by atoms with Gasteiger partial charge in [0.05, 0.1) is 11.8 Å². The minimum absolute atomic E-state index is 0.00836. The topological polar surface area (TPSA) is 47.0 Å². The second kappa shape index (κ2) is 6.76. The maximum Gasteiger partial charge on any atom is 0.433 e. The molecule has 128 valence electrons. The Labute approximate surface area is 138 Å². The Balaban J connectivity index is 1.89. The van der Waals surface area contributed by atoms with Crippen molar-refractivity contribution in [2.75, 3.05) is 18.5 Å². The Morgan fingerprint density at radius 1 is 1.21 bits per heavy atom. The van der Waals surface area contributed by atoms with Crippen LogP contribution in [0, 0.1) is 6.92 Å². The molecular formula is C17H18F3N3O. The second-order valence-corrected chi connectivity index (χ2v) is 5.84. The van der Waals surface area contributed by atoms with Crippen LogP contribution < -0.4 is 5.32 Å². The molecule has 2 aromatic rings. The molecule has 0 aliphatic carbocycles. The Hall–Kier alpha value is -2.15. The van der Waals surface area contributed by atoms with Crippen LogP contribution in [0.15, 0.2) is 30.3 Å². The van der Waals surface area contributed by atoms with Crippen molar-refractivity contribution in [2.24, 2.45) is 0 Å². The molecule has 24 heavy (non-hydrogen) atoms. The molecule has 0 amide bonds. The normalized spacial score (nSPS) is 17.9. The summed E-state index contributed by atoms with van der Waals surface area (Å²) in [6, 6.07) is 8.15. The van der Waals surface area contributed by atoms with E-state index in [0.717, 1.165) is 24.5 Å². The highest BCUT2D eigenvalue weighted by molar-refractivity contribution is 5.61. The van der Waals surface area contributed by atoms with Crippen LogP contribution in [0.2, 0.25) is 0 Å². The van der Waals surface area contributed by atoms with Crippen LogP contribution in [0.25, 0.3) is 11.3 Å². The maximum absolute atomic E-state index is 13.1. The molecule has 0 spiro atoms. The summed E-state index contributed by atoms with van der Waals surface area (Å²) < 4.78 is 44.8. The molecule has 0 unspecified atom stereocenters. The number of nitrogens with one attached hydrogen (secondary N) is 1. The van der Waals surface area contributed by atoms with Crippen LogP contribution in [0.3, 0.4) is 0 Å². The SMILES string of the molecule is Cc1ccc(-c2cc(C(F)(F)F)nc(NC[C@@H]3CCCO3)n2)cc1. The Kier molecular flexibility index (Phi) is 4.71. The van der Waals surface area contributed by atoms with Gasteiger partial charge in [-0.2, -0.15) is 13.2 Å². The van der Waals surface area contributed by atoms with Gasteiger partial charge in [0.25, 0.3) is 0 Å². The van der Waals surface area contributed by atoms with Gasteiger partial charge >= 0.3 is 6.18 Å². The lowest BCUT2D eigenvalue weighted by Gasteiger charge is -2.14. The fourth-order valence-corrected chi connectivity index (χ4v) is 2.55. The van der Waals surface area contributed by atoms with Gasteiger partial charge in [0.2, 0.25) is 5.95 Å². The molecule has 1 aliphatic heterocycles. The highest BCUT2D eigenvalue weighted by Gasteiger charge is 2.34. The average Bonchev–Trinajstić information content (AvgIpc) is 3.06. The van der Waals surface area contributed by atoms with E-state index < -0.39 is 11.9 Å². The first-order valence-electron chi connectivity index (χ1n) is 7.80. The number of alkyl halides is 3. The first-order chi connectivity index (χ1) is 11.4. The van der Waals surface area contributed by atoms with Crippen molar-refractivity contribution < 1.29 is 17.9 Å². The quantitative estimate of drug-likeness (QED) is 0.914. The summed E-state index contributed by atoms with van der Waals surface area (Å²) in [5, 5.41) is 2.87. The highest BCUT2D eigenvalue weighted by atomic mass is 19.4. The molecule has 3 rings (SSSR count). The number of rotatable bonds is 4. The zero-order chi connectivity index (χ0) is 17.2. The smallest absolute Gasteiger partial charge is 0.376 e. The molecule has 1 aliphatic rings. The van der Waals surface area contributed by atoms with Gasteiger partial charge in [0.1, 0.15) is 0 Å². The monoisotopic (exact) mass is 337 g/mol. The summed E-state index contributed by atoms with van der Waals surface area (Å²) >= 11 is 0. The number of aromatic nitrogens is 2. The summed E-state index contributed by atoms with van der Waals surface area (Å²) in [5.41, 5.74) is 0.935. The van der Waals surface area contributed by atoms with Gasteiger partial charge in [-0.05, 0) is 25.8 Å². The molecule has 1 aromatic carbocycles. The Bertz CT molecular complexity index is 695. The molecule has 1 N–H and O–H groups in total. The van der Waals surface area contributed by atoms with Crippen molar-refractivity contribution in [1.29, 1.82) is 0 Å². The van der Waals surface area contributed by atoms with Crippen molar-refractivity contribution in [3.05, 3.63) is 41.6 Å². The molecule has 4 nitrogen and oxygen atoms in total. The molecule has 1 atom stereocenters. The van der Waals surface area contributed by atoms with E-state index in [1.807, 2.05) is 19.1 Å². The maximum atomic E-state index is 13.1. The number of nitrogens with zero attached hydrogens (tertiary/aromatic N) is 2. The van der Waals surface area contributed by atoms with Crippen molar-refractivity contribution >= 4 is 5.95 Å². The van der Waals surface area contributed by atoms with E-state index in [9.17, 15) is 13.2 Å². The summed E-state index contributed by atoms with van der Waals surface area (Å²) in [6.45, 7) is 3.00. The average molecular weight is 337 g/mol. The molecule has 1 fully saturated rings. The molecule has 1 saturated heterocycles. The van der Waals surface area contributed by atoms with Crippen molar-refractivity contribution in [2.45, 2.75) is 32.0 Å². The molecule has 0 radical (unpaired) electrons. The number of benzene rings is 1. The van der Waals surface area contributed by atoms with Crippen molar-refractivity contribution in [1.82, 2.24) is 9.97 Å². The standard InChI is InChI=1S/C17H18F3N3O/c1-11-4-6-12(7-5-11)14-9-15(17(18,19)20)23-16(22-14)21-10-13-3-2-8-24-13/h4-7,9,13H,2-3,8,10H2,1H3,(H,21,22,23)/t13-/m0/s1. The highest BCUT2D eigenvalue weighted by Crippen LogP contribution is 2.31. The fraction of sp³-hybridized carbons (Fsp3) is 0.412. The van der Waals surface area contributed by atoms with Crippen LogP contribution in [0.5, 0.6) is 0 Å². The van der Waals surface area contributed by atoms with E-state index in [4.69, 9.17) is 4.74 Å². The largest absolute Gasteiger partial charge is 0.433 e. The summed E-state index contributed by atoms with van der Waals surface area (Å²) in [7, 11) is 0. The molecule has 2 heterocycles. The van der Waals surface area contributed by atoms with E-state index >= 15 is 0 Å². The lowest BCUT2D eigenvalue weighted by atomic mass is 10.1. The minimum Gasteiger partial charge on any atom is -0.376 e. The number of halogens is 3. The molecule has 1 aromatic heterocycles. The number of anilines is 1. The minimum atomic E-state index is -4.53. The van der Waals surface area contributed by atoms with E-state index in [-0.39, 0.29) is 17.7 Å². The molecule has 7 heteroatoms. The van der Waals surface area contributed by atoms with Crippen LogP contribution in [0.4, 0.5) is 19.1 Å². The predicted octanol–water partition coefficient (Wildman–Crippen LogP) is 4.06. The summed E-state index contributed by atoms with van der Waals surface area (Å²) in [6.07, 6.45) is -2.69. The van der Waals surface area contributed by atoms with Crippen LogP contribution in [-0.4, -0.2) is 29.2 Å². The first-order valence-corrected chi connectivity index (χ1v) is 7.80. The van der Waals surface area contributed by atoms with Gasteiger partial charge in [-0.25, -0.2) is 9.97 Å². The fourth-order valence-electron chi connectivity index (χ4n) is 2.55. The van der Waals surface area contributed by atoms with E-state index in [1.54, 1.807) is 12.1 Å². The van der Waals surface area contributed by atoms with Gasteiger partial charge in [-0.15, -0.1) is 0 Å². The Morgan fingerprint density at radius 3 is 2.58 bits per heavy atom. The summed E-state index contributed by atoms with van der Waals surface area (Å²) in [4.78, 5) is 7.84. The van der Waals surface area contributed by atoms with E-state index in [2.05, 4.69) is 15.3 Å². The lowest BCUT2D eigenvalue weighted by Crippen LogP contribution is -2.21. The Morgan fingerprint density at radius 2 is 1.96 bits per heavy atom. The van der Waals surface area contributed by atoms with Gasteiger partial charge in [0.15, 0.2) is 5.69 Å². The number of hydrogen-bond donors (Lipinski definition) is 1. The third kappa shape index (κ3) is 4.03. The van der Waals surface area contributed by atoms with Crippen molar-refractivity contribution in [3.8, 4) is 11.3 Å². The molecule has 0 bridgehead atoms. The number of hydrogen-bond acceptors (Lipinski definition) is 4. The molecule has 0 saturated carbocycles. The number of ether oxygens (including phenoxy) is 1. The van der Waals surface area contributed by atoms with Gasteiger partial charge in [-0.1, -0.05) is 29.8 Å². The molecular weight excluding hydrogens is 319 g/mol. The predicted molar refractivity (Wildman–Crippen MR) is 84.7 cm³/mol. The van der Waals surface area contributed by atoms with Gasteiger partial charge in [0, 0.05) is 18.7 Å². The third-order valence-corrected chi connectivity index (χ3v) is 3.88. The van der Waals surface area contributed by atoms with Crippen LogP contribution in [-0.2, 0) is 10.9 Å². The van der Waals surface area contributed by atoms with Gasteiger partial charge in [-0.3, -0.25) is 0 Å². The first kappa shape index (κ1) is 16.7. The van der Waals surface area contributed by atoms with E-state index in [0.29, 0.717) is 18.7 Å². The van der Waals surface area contributed by atoms with Crippen LogP contribution in [0.1, 0.15) is 24.1 Å².